The Hall–Kier alpha value is 0.190. The van der Waals surface area contributed by atoms with Gasteiger partial charge in [0.05, 0.1) is 0 Å². The Balaban J connectivity index is 2.56. The van der Waals surface area contributed by atoms with E-state index >= 15 is 0 Å². The molecule has 0 aliphatic carbocycles. The van der Waals surface area contributed by atoms with Crippen molar-refractivity contribution in [3.05, 3.63) is 30.1 Å². The van der Waals surface area contributed by atoms with Gasteiger partial charge in [0.1, 0.15) is 0 Å². The first-order valence-electron chi connectivity index (χ1n) is 4.56. The second kappa shape index (κ2) is 5.01. The van der Waals surface area contributed by atoms with E-state index in [9.17, 15) is 0 Å². The van der Waals surface area contributed by atoms with Crippen LogP contribution >= 0.6 is 0 Å². The number of aromatic nitrogens is 2. The van der Waals surface area contributed by atoms with E-state index in [4.69, 9.17) is 0 Å². The third-order valence-electron chi connectivity index (χ3n) is 2.06. The molecule has 6 heteroatoms. The fourth-order valence-corrected chi connectivity index (χ4v) is 2.57. The predicted octanol–water partition coefficient (Wildman–Crippen LogP) is 1.49. The number of aryl methyl sites for hydroxylation is 1. The normalized spacial score (nSPS) is 11.1. The van der Waals surface area contributed by atoms with Crippen LogP contribution in [0.4, 0.5) is 5.82 Å². The van der Waals surface area contributed by atoms with Gasteiger partial charge in [0.15, 0.2) is 0 Å². The topological polar surface area (TPSA) is 41.0 Å². The van der Waals surface area contributed by atoms with Crippen molar-refractivity contribution >= 4 is 16.7 Å². The van der Waals surface area contributed by atoms with Gasteiger partial charge in [0.25, 0.3) is 0 Å². The summed E-state index contributed by atoms with van der Waals surface area (Å²) < 4.78 is 2.25. The molecule has 0 unspecified atom stereocenters. The second-order valence-corrected chi connectivity index (χ2v) is 22.8. The molecule has 0 aliphatic rings. The van der Waals surface area contributed by atoms with E-state index in [0.29, 0.717) is 52.8 Å². The number of hydrogen-bond acceptors (Lipinski definition) is 4. The van der Waals surface area contributed by atoms with Gasteiger partial charge in [-0.05, 0) is 0 Å². The van der Waals surface area contributed by atoms with Gasteiger partial charge in [0, 0.05) is 0 Å². The number of nitrogens with one attached hydrogen (secondary N) is 1. The molecule has 15 heavy (non-hydrogen) atoms. The molecule has 0 saturated carbocycles. The van der Waals surface area contributed by atoms with Crippen LogP contribution in [0.1, 0.15) is 5.56 Å². The number of rotatable bonds is 2. The third kappa shape index (κ3) is 2.85. The number of anilines is 1. The van der Waals surface area contributed by atoms with Crippen molar-refractivity contribution in [1.29, 1.82) is 0 Å². The van der Waals surface area contributed by atoms with E-state index in [2.05, 4.69) is 41.1 Å². The van der Waals surface area contributed by atoms with Crippen LogP contribution in [0.3, 0.4) is 0 Å². The Morgan fingerprint density at radius 1 is 1.27 bits per heavy atom. The summed E-state index contributed by atoms with van der Waals surface area (Å²) in [5, 5.41) is 1.10. The van der Waals surface area contributed by atoms with Crippen LogP contribution in [0.15, 0.2) is 24.5 Å². The average Bonchev–Trinajstić information content (AvgIpc) is 2.16. The Morgan fingerprint density at radius 2 is 2.07 bits per heavy atom. The number of nitrogens with zero attached hydrogens (tertiary/aromatic N) is 3. The Kier molecular flexibility index (Phi) is 3.90. The van der Waals surface area contributed by atoms with Crippen molar-refractivity contribution in [2.45, 2.75) is 6.92 Å². The van der Waals surface area contributed by atoms with Crippen LogP contribution in [0, 0.1) is 6.92 Å². The molecule has 0 saturated heterocycles. The first-order chi connectivity index (χ1) is 7.16. The minimum absolute atomic E-state index is 0.629. The van der Waals surface area contributed by atoms with Crippen LogP contribution in [0.2, 0.25) is 0 Å². The van der Waals surface area contributed by atoms with Crippen molar-refractivity contribution in [3.8, 4) is 0 Å². The zero-order valence-electron chi connectivity index (χ0n) is 8.57. The van der Waals surface area contributed by atoms with Crippen molar-refractivity contribution in [3.63, 3.8) is 0 Å². The van der Waals surface area contributed by atoms with Crippen molar-refractivity contribution in [2.24, 2.45) is 0 Å². The molecule has 0 amide bonds. The molecule has 2 rings (SSSR count). The van der Waals surface area contributed by atoms with Crippen molar-refractivity contribution in [1.82, 2.24) is 10.5 Å². The van der Waals surface area contributed by atoms with E-state index in [0.717, 1.165) is 16.7 Å². The molecule has 1 N–H and O–H groups in total. The van der Waals surface area contributed by atoms with E-state index < -0.39 is 0 Å². The maximum atomic E-state index is 4.28. The monoisotopic (exact) mass is 576 g/mol. The van der Waals surface area contributed by atoms with Crippen LogP contribution in [0.25, 0.3) is 10.9 Å². The number of hydrazine groups is 1. The molecule has 0 spiro atoms. The van der Waals surface area contributed by atoms with Crippen LogP contribution in [-0.2, 0) is 52.8 Å². The summed E-state index contributed by atoms with van der Waals surface area (Å²) >= 11 is 1.26. The first-order valence-corrected chi connectivity index (χ1v) is 9.48. The molecule has 68 valence electrons. The summed E-state index contributed by atoms with van der Waals surface area (Å²) in [7, 11) is 0. The molecule has 1 aromatic heterocycles. The van der Waals surface area contributed by atoms with E-state index in [1.165, 1.54) is 5.56 Å². The minimum atomic E-state index is 0.629. The van der Waals surface area contributed by atoms with Gasteiger partial charge in [-0.1, -0.05) is 0 Å². The molecule has 0 radical (unpaired) electrons. The van der Waals surface area contributed by atoms with Gasteiger partial charge >= 0.3 is 123 Å². The summed E-state index contributed by atoms with van der Waals surface area (Å²) in [6.45, 7) is 2.08. The van der Waals surface area contributed by atoms with Gasteiger partial charge in [-0.3, -0.25) is 0 Å². The SMILES string of the molecule is Cc1ccc2c(N[N]([Hg])[Hg])ncnc2c1. The summed E-state index contributed by atoms with van der Waals surface area (Å²) in [6.07, 6.45) is 1.62. The summed E-state index contributed by atoms with van der Waals surface area (Å²) in [4.78, 5) is 8.55. The number of benzene rings is 1. The van der Waals surface area contributed by atoms with Gasteiger partial charge in [-0.2, -0.15) is 0 Å². The van der Waals surface area contributed by atoms with Crippen LogP contribution in [0.5, 0.6) is 0 Å². The Bertz CT molecular complexity index is 486. The molecule has 1 aromatic carbocycles. The fourth-order valence-electron chi connectivity index (χ4n) is 1.41. The Morgan fingerprint density at radius 3 is 2.80 bits per heavy atom. The molecule has 1 heterocycles. The van der Waals surface area contributed by atoms with E-state index in [-0.39, 0.29) is 0 Å². The predicted molar refractivity (Wildman–Crippen MR) is 49.7 cm³/mol. The molecule has 0 aliphatic heterocycles. The van der Waals surface area contributed by atoms with Crippen molar-refractivity contribution in [2.75, 3.05) is 5.43 Å². The molecule has 4 nitrogen and oxygen atoms in total. The van der Waals surface area contributed by atoms with Gasteiger partial charge in [-0.15, -0.1) is 0 Å². The summed E-state index contributed by atoms with van der Waals surface area (Å²) in [5.74, 6) is 0.935. The standard InChI is InChI=1S/C9H8N4.2Hg/c1-6-2-3-7-8(4-6)11-5-12-9(7)13-10;;/h2-5H,1H3,(H,11,12,13);;. The van der Waals surface area contributed by atoms with Gasteiger partial charge < -0.3 is 0 Å². The quantitative estimate of drug-likeness (QED) is 0.437. The average molecular weight is 573 g/mol. The zero-order valence-corrected chi connectivity index (χ0v) is 19.6. The van der Waals surface area contributed by atoms with Crippen LogP contribution in [-0.4, -0.2) is 10.5 Å². The maximum absolute atomic E-state index is 4.28. The second-order valence-electron chi connectivity index (χ2n) is 3.39. The van der Waals surface area contributed by atoms with Gasteiger partial charge in [0.2, 0.25) is 0 Å². The first kappa shape index (κ1) is 11.7. The Labute approximate surface area is 121 Å². The van der Waals surface area contributed by atoms with Gasteiger partial charge in [-0.25, -0.2) is 0 Å². The van der Waals surface area contributed by atoms with Crippen molar-refractivity contribution < 1.29 is 52.8 Å². The molecule has 2 aromatic rings. The van der Waals surface area contributed by atoms with Crippen LogP contribution < -0.4 is 5.43 Å². The third-order valence-corrected chi connectivity index (χ3v) is 3.29. The molecular formula is C9H8Hg2N4. The summed E-state index contributed by atoms with van der Waals surface area (Å²) in [6, 6.07) is 6.26. The van der Waals surface area contributed by atoms with E-state index in [1.54, 1.807) is 6.33 Å². The number of fused-ring (bicyclic) bond motifs is 1. The van der Waals surface area contributed by atoms with E-state index in [1.807, 2.05) is 0 Å². The fraction of sp³-hybridized carbons (Fsp3) is 0.111. The molecular weight excluding hydrogens is 565 g/mol. The molecule has 0 bridgehead atoms. The number of hydrogen-bond donors (Lipinski definition) is 1. The zero-order chi connectivity index (χ0) is 10.8. The molecule has 0 atom stereocenters. The molecule has 0 fully saturated rings. The summed E-state index contributed by atoms with van der Waals surface area (Å²) in [5.41, 5.74) is 5.56.